The Kier molecular flexibility index (Phi) is 10.1. The summed E-state index contributed by atoms with van der Waals surface area (Å²) in [7, 11) is 0. The van der Waals surface area contributed by atoms with Gasteiger partial charge in [-0.1, -0.05) is 100 Å². The maximum atomic E-state index is 13.6. The highest BCUT2D eigenvalue weighted by Crippen LogP contribution is 2.20. The van der Waals surface area contributed by atoms with Crippen LogP contribution in [0.2, 0.25) is 0 Å². The van der Waals surface area contributed by atoms with Crippen molar-refractivity contribution in [2.45, 2.75) is 52.6 Å². The second-order valence-corrected chi connectivity index (χ2v) is 9.86. The molecule has 0 spiro atoms. The molecule has 3 aromatic rings. The third-order valence-electron chi connectivity index (χ3n) is 6.06. The number of carbonyl (C=O) groups excluding carboxylic acids is 2. The number of amides is 2. The molecule has 5 heteroatoms. The lowest BCUT2D eigenvalue weighted by Gasteiger charge is -2.31. The minimum absolute atomic E-state index is 0.142. The van der Waals surface area contributed by atoms with Gasteiger partial charge < -0.3 is 15.0 Å². The zero-order chi connectivity index (χ0) is 25.9. The van der Waals surface area contributed by atoms with Crippen LogP contribution in [0.1, 0.15) is 50.3 Å². The predicted molar refractivity (Wildman–Crippen MR) is 145 cm³/mol. The van der Waals surface area contributed by atoms with Gasteiger partial charge in [0.1, 0.15) is 11.8 Å². The van der Waals surface area contributed by atoms with Crippen molar-refractivity contribution in [1.29, 1.82) is 0 Å². The van der Waals surface area contributed by atoms with Crippen LogP contribution in [-0.4, -0.2) is 35.9 Å². The lowest BCUT2D eigenvalue weighted by Crippen LogP contribution is -2.52. The van der Waals surface area contributed by atoms with Gasteiger partial charge in [-0.25, -0.2) is 0 Å². The fourth-order valence-corrected chi connectivity index (χ4v) is 3.93. The zero-order valence-corrected chi connectivity index (χ0v) is 21.8. The summed E-state index contributed by atoms with van der Waals surface area (Å²) in [5, 5.41) is 3.04. The van der Waals surface area contributed by atoms with E-state index in [1.165, 1.54) is 5.56 Å². The Bertz CT molecular complexity index is 1080. The van der Waals surface area contributed by atoms with Crippen molar-refractivity contribution in [3.05, 3.63) is 102 Å². The molecule has 0 heterocycles. The van der Waals surface area contributed by atoms with Gasteiger partial charge in [-0.2, -0.15) is 0 Å². The van der Waals surface area contributed by atoms with E-state index >= 15 is 0 Å². The molecule has 0 saturated heterocycles. The molecular weight excluding hydrogens is 448 g/mol. The van der Waals surface area contributed by atoms with Crippen molar-refractivity contribution >= 4 is 11.8 Å². The monoisotopic (exact) mass is 486 g/mol. The van der Waals surface area contributed by atoms with E-state index in [-0.39, 0.29) is 18.4 Å². The first-order valence-corrected chi connectivity index (χ1v) is 12.7. The molecule has 36 heavy (non-hydrogen) atoms. The molecule has 1 atom stereocenters. The van der Waals surface area contributed by atoms with Gasteiger partial charge in [0, 0.05) is 19.5 Å². The lowest BCUT2D eigenvalue weighted by atomic mass is 10.0. The Morgan fingerprint density at radius 3 is 1.94 bits per heavy atom. The van der Waals surface area contributed by atoms with E-state index in [1.807, 2.05) is 84.9 Å². The molecule has 0 unspecified atom stereocenters. The average Bonchev–Trinajstić information content (AvgIpc) is 2.89. The van der Waals surface area contributed by atoms with Crippen LogP contribution in [0.4, 0.5) is 0 Å². The van der Waals surface area contributed by atoms with Gasteiger partial charge in [0.05, 0.1) is 0 Å². The molecule has 5 nitrogen and oxygen atoms in total. The molecule has 3 aromatic carbocycles. The van der Waals surface area contributed by atoms with E-state index < -0.39 is 6.04 Å². The Morgan fingerprint density at radius 2 is 1.39 bits per heavy atom. The number of benzene rings is 3. The summed E-state index contributed by atoms with van der Waals surface area (Å²) in [4.78, 5) is 28.7. The number of carbonyl (C=O) groups is 2. The SMILES string of the molecule is CC(C)CNC(=O)[C@@H](Cc1ccccc1)N(Cc1ccccc1)C(=O)COc1ccc(C(C)C)cc1. The van der Waals surface area contributed by atoms with Gasteiger partial charge in [-0.3, -0.25) is 9.59 Å². The van der Waals surface area contributed by atoms with Crippen molar-refractivity contribution < 1.29 is 14.3 Å². The van der Waals surface area contributed by atoms with Gasteiger partial charge in [-0.15, -0.1) is 0 Å². The number of hydrogen-bond acceptors (Lipinski definition) is 3. The third-order valence-corrected chi connectivity index (χ3v) is 6.06. The minimum atomic E-state index is -0.661. The van der Waals surface area contributed by atoms with Gasteiger partial charge in [-0.05, 0) is 40.7 Å². The Balaban J connectivity index is 1.84. The van der Waals surface area contributed by atoms with E-state index in [9.17, 15) is 9.59 Å². The summed E-state index contributed by atoms with van der Waals surface area (Å²) < 4.78 is 5.88. The van der Waals surface area contributed by atoms with E-state index in [4.69, 9.17) is 4.74 Å². The molecule has 0 aromatic heterocycles. The number of rotatable bonds is 12. The summed E-state index contributed by atoms with van der Waals surface area (Å²) >= 11 is 0. The second kappa shape index (κ2) is 13.5. The smallest absolute Gasteiger partial charge is 0.261 e. The molecular formula is C31H38N2O3. The van der Waals surface area contributed by atoms with Gasteiger partial charge >= 0.3 is 0 Å². The fourth-order valence-electron chi connectivity index (χ4n) is 3.93. The molecule has 0 aliphatic heterocycles. The maximum absolute atomic E-state index is 13.6. The average molecular weight is 487 g/mol. The van der Waals surface area contributed by atoms with Crippen LogP contribution in [0, 0.1) is 5.92 Å². The first-order chi connectivity index (χ1) is 17.3. The molecule has 0 aliphatic carbocycles. The number of hydrogen-bond donors (Lipinski definition) is 1. The highest BCUT2D eigenvalue weighted by Gasteiger charge is 2.30. The number of nitrogens with zero attached hydrogens (tertiary/aromatic N) is 1. The molecule has 2 amide bonds. The minimum Gasteiger partial charge on any atom is -0.484 e. The molecule has 0 bridgehead atoms. The van der Waals surface area contributed by atoms with Crippen LogP contribution in [0.15, 0.2) is 84.9 Å². The Morgan fingerprint density at radius 1 is 0.806 bits per heavy atom. The summed E-state index contributed by atoms with van der Waals surface area (Å²) in [5.41, 5.74) is 3.17. The number of nitrogens with one attached hydrogen (secondary N) is 1. The Labute approximate surface area is 215 Å². The van der Waals surface area contributed by atoms with Crippen LogP contribution in [0.5, 0.6) is 5.75 Å². The summed E-state index contributed by atoms with van der Waals surface area (Å²) in [5.74, 6) is 0.980. The molecule has 0 aliphatic rings. The van der Waals surface area contributed by atoms with E-state index in [1.54, 1.807) is 4.90 Å². The van der Waals surface area contributed by atoms with Gasteiger partial charge in [0.2, 0.25) is 5.91 Å². The Hall–Kier alpha value is -3.60. The highest BCUT2D eigenvalue weighted by atomic mass is 16.5. The predicted octanol–water partition coefficient (Wildman–Crippen LogP) is 5.60. The van der Waals surface area contributed by atoms with Gasteiger partial charge in [0.25, 0.3) is 5.91 Å². The van der Waals surface area contributed by atoms with E-state index in [0.29, 0.717) is 37.1 Å². The summed E-state index contributed by atoms with van der Waals surface area (Å²) in [6.07, 6.45) is 0.423. The van der Waals surface area contributed by atoms with Crippen molar-refractivity contribution in [2.75, 3.05) is 13.2 Å². The molecule has 1 N–H and O–H groups in total. The first kappa shape index (κ1) is 27.0. The van der Waals surface area contributed by atoms with Crippen LogP contribution in [0.3, 0.4) is 0 Å². The number of ether oxygens (including phenoxy) is 1. The molecule has 190 valence electrons. The maximum Gasteiger partial charge on any atom is 0.261 e. The summed E-state index contributed by atoms with van der Waals surface area (Å²) in [6.45, 7) is 9.11. The van der Waals surface area contributed by atoms with E-state index in [2.05, 4.69) is 33.0 Å². The highest BCUT2D eigenvalue weighted by molar-refractivity contribution is 5.88. The van der Waals surface area contributed by atoms with E-state index in [0.717, 1.165) is 11.1 Å². The van der Waals surface area contributed by atoms with Crippen LogP contribution >= 0.6 is 0 Å². The zero-order valence-electron chi connectivity index (χ0n) is 21.8. The standard InChI is InChI=1S/C31H38N2O3/c1-23(2)20-32-31(35)29(19-25-11-7-5-8-12-25)33(21-26-13-9-6-10-14-26)30(34)22-36-28-17-15-27(16-18-28)24(3)4/h5-18,23-24,29H,19-22H2,1-4H3,(H,32,35)/t29-/m1/s1. The van der Waals surface area contributed by atoms with Crippen molar-refractivity contribution in [3.63, 3.8) is 0 Å². The van der Waals surface area contributed by atoms with Crippen LogP contribution in [0.25, 0.3) is 0 Å². The largest absolute Gasteiger partial charge is 0.484 e. The van der Waals surface area contributed by atoms with Crippen molar-refractivity contribution in [2.24, 2.45) is 5.92 Å². The van der Waals surface area contributed by atoms with Crippen LogP contribution < -0.4 is 10.1 Å². The summed E-state index contributed by atoms with van der Waals surface area (Å²) in [6, 6.07) is 26.7. The second-order valence-electron chi connectivity index (χ2n) is 9.86. The first-order valence-electron chi connectivity index (χ1n) is 12.7. The van der Waals surface area contributed by atoms with Crippen molar-refractivity contribution in [1.82, 2.24) is 10.2 Å². The molecule has 3 rings (SSSR count). The van der Waals surface area contributed by atoms with Crippen molar-refractivity contribution in [3.8, 4) is 5.75 Å². The normalized spacial score (nSPS) is 11.8. The topological polar surface area (TPSA) is 58.6 Å². The van der Waals surface area contributed by atoms with Crippen LogP contribution in [-0.2, 0) is 22.6 Å². The molecule has 0 fully saturated rings. The fraction of sp³-hybridized carbons (Fsp3) is 0.355. The molecule has 0 saturated carbocycles. The lowest BCUT2D eigenvalue weighted by molar-refractivity contribution is -0.142. The third kappa shape index (κ3) is 8.26. The molecule has 0 radical (unpaired) electrons. The van der Waals surface area contributed by atoms with Gasteiger partial charge in [0.15, 0.2) is 6.61 Å². The quantitative estimate of drug-likeness (QED) is 0.362.